The average molecular weight is 307 g/mol. The molecule has 1 saturated heterocycles. The molecule has 7 nitrogen and oxygen atoms in total. The number of pyridine rings is 1. The van der Waals surface area contributed by atoms with Crippen LogP contribution in [-0.4, -0.2) is 54.0 Å². The molecule has 1 aliphatic heterocycles. The number of aromatic nitrogens is 1. The summed E-state index contributed by atoms with van der Waals surface area (Å²) in [6.45, 7) is 5.95. The zero-order valence-corrected chi connectivity index (χ0v) is 13.3. The number of morpholine rings is 1. The lowest BCUT2D eigenvalue weighted by atomic mass is 10.0. The largest absolute Gasteiger partial charge is 0.362 e. The summed E-state index contributed by atoms with van der Waals surface area (Å²) in [5.74, 6) is -0.679. The first kappa shape index (κ1) is 16.2. The Morgan fingerprint density at radius 2 is 2.09 bits per heavy atom. The molecule has 2 N–H and O–H groups in total. The highest BCUT2D eigenvalue weighted by atomic mass is 16.5. The van der Waals surface area contributed by atoms with E-state index in [4.69, 9.17) is 4.74 Å². The van der Waals surface area contributed by atoms with Crippen LogP contribution in [0.25, 0.3) is 0 Å². The van der Waals surface area contributed by atoms with Gasteiger partial charge in [0.15, 0.2) is 5.60 Å². The highest BCUT2D eigenvalue weighted by Gasteiger charge is 2.40. The van der Waals surface area contributed by atoms with Gasteiger partial charge in [-0.25, -0.2) is 0 Å². The van der Waals surface area contributed by atoms with Gasteiger partial charge < -0.3 is 19.9 Å². The number of hydrogen-bond acceptors (Lipinski definition) is 4. The van der Waals surface area contributed by atoms with Crippen LogP contribution in [0.3, 0.4) is 0 Å². The van der Waals surface area contributed by atoms with Gasteiger partial charge in [-0.05, 0) is 32.4 Å². The maximum absolute atomic E-state index is 12.6. The van der Waals surface area contributed by atoms with Crippen LogP contribution in [0.2, 0.25) is 0 Å². The van der Waals surface area contributed by atoms with E-state index in [1.165, 1.54) is 11.9 Å². The van der Waals surface area contributed by atoms with Crippen LogP contribution in [0.4, 0.5) is 0 Å². The molecule has 2 amide bonds. The molecule has 0 aromatic carbocycles. The SMILES string of the molecule is CNC(=O)C1(C)CN(C(=O)c2cc(C)c(C)[nH]c2=O)CCO1. The first-order valence-electron chi connectivity index (χ1n) is 7.14. The van der Waals surface area contributed by atoms with Crippen LogP contribution in [0, 0.1) is 13.8 Å². The molecule has 7 heteroatoms. The first-order chi connectivity index (χ1) is 10.3. The summed E-state index contributed by atoms with van der Waals surface area (Å²) in [5, 5.41) is 2.53. The van der Waals surface area contributed by atoms with Crippen molar-refractivity contribution in [3.63, 3.8) is 0 Å². The molecule has 1 atom stereocenters. The second kappa shape index (κ2) is 5.92. The molecule has 1 unspecified atom stereocenters. The fraction of sp³-hybridized carbons (Fsp3) is 0.533. The monoisotopic (exact) mass is 307 g/mol. The minimum Gasteiger partial charge on any atom is -0.362 e. The molecule has 2 rings (SSSR count). The Hall–Kier alpha value is -2.15. The van der Waals surface area contributed by atoms with Crippen molar-refractivity contribution in [1.82, 2.24) is 15.2 Å². The van der Waals surface area contributed by atoms with Gasteiger partial charge in [-0.2, -0.15) is 0 Å². The molecular weight excluding hydrogens is 286 g/mol. The van der Waals surface area contributed by atoms with E-state index in [-0.39, 0.29) is 30.5 Å². The number of amides is 2. The van der Waals surface area contributed by atoms with Crippen molar-refractivity contribution in [2.45, 2.75) is 26.4 Å². The Labute approximate surface area is 128 Å². The van der Waals surface area contributed by atoms with Gasteiger partial charge in [0.05, 0.1) is 13.2 Å². The molecule has 1 aromatic heterocycles. The normalized spacial score (nSPS) is 21.5. The maximum Gasteiger partial charge on any atom is 0.261 e. The molecule has 1 aromatic rings. The molecule has 0 radical (unpaired) electrons. The van der Waals surface area contributed by atoms with Crippen LogP contribution < -0.4 is 10.9 Å². The molecular formula is C15H21N3O4. The maximum atomic E-state index is 12.6. The lowest BCUT2D eigenvalue weighted by Crippen LogP contribution is -2.59. The van der Waals surface area contributed by atoms with Gasteiger partial charge in [0.1, 0.15) is 5.56 Å². The molecule has 1 aliphatic rings. The molecule has 2 heterocycles. The van der Waals surface area contributed by atoms with Crippen LogP contribution in [-0.2, 0) is 9.53 Å². The van der Waals surface area contributed by atoms with Crippen molar-refractivity contribution in [2.24, 2.45) is 0 Å². The van der Waals surface area contributed by atoms with E-state index in [9.17, 15) is 14.4 Å². The smallest absolute Gasteiger partial charge is 0.261 e. The molecule has 0 aliphatic carbocycles. The number of carbonyl (C=O) groups excluding carboxylic acids is 2. The summed E-state index contributed by atoms with van der Waals surface area (Å²) in [4.78, 5) is 40.7. The average Bonchev–Trinajstić information content (AvgIpc) is 2.49. The third-order valence-corrected chi connectivity index (χ3v) is 4.00. The minimum absolute atomic E-state index is 0.0873. The molecule has 0 spiro atoms. The number of carbonyl (C=O) groups is 2. The van der Waals surface area contributed by atoms with Gasteiger partial charge in [0, 0.05) is 19.3 Å². The van der Waals surface area contributed by atoms with Gasteiger partial charge in [0.25, 0.3) is 17.4 Å². The van der Waals surface area contributed by atoms with Crippen molar-refractivity contribution < 1.29 is 14.3 Å². The number of nitrogens with zero attached hydrogens (tertiary/aromatic N) is 1. The summed E-state index contributed by atoms with van der Waals surface area (Å²) >= 11 is 0. The van der Waals surface area contributed by atoms with Gasteiger partial charge in [-0.3, -0.25) is 14.4 Å². The van der Waals surface area contributed by atoms with Crippen LogP contribution in [0.1, 0.15) is 28.5 Å². The van der Waals surface area contributed by atoms with E-state index < -0.39 is 11.2 Å². The summed E-state index contributed by atoms with van der Waals surface area (Å²) < 4.78 is 5.52. The zero-order valence-electron chi connectivity index (χ0n) is 13.3. The highest BCUT2D eigenvalue weighted by molar-refractivity contribution is 5.95. The van der Waals surface area contributed by atoms with Gasteiger partial charge in [0.2, 0.25) is 0 Å². The fourth-order valence-electron chi connectivity index (χ4n) is 2.50. The van der Waals surface area contributed by atoms with E-state index in [2.05, 4.69) is 10.3 Å². The standard InChI is InChI=1S/C15H21N3O4/c1-9-7-11(12(19)17-10(9)2)13(20)18-5-6-22-15(3,8-18)14(21)16-4/h7H,5-6,8H2,1-4H3,(H,16,21)(H,17,19). The summed E-state index contributed by atoms with van der Waals surface area (Å²) in [7, 11) is 1.52. The lowest BCUT2D eigenvalue weighted by Gasteiger charge is -2.38. The second-order valence-corrected chi connectivity index (χ2v) is 5.71. The van der Waals surface area contributed by atoms with Crippen molar-refractivity contribution in [1.29, 1.82) is 0 Å². The Kier molecular flexibility index (Phi) is 4.37. The first-order valence-corrected chi connectivity index (χ1v) is 7.14. The highest BCUT2D eigenvalue weighted by Crippen LogP contribution is 2.19. The molecule has 0 saturated carbocycles. The molecule has 120 valence electrons. The predicted molar refractivity (Wildman–Crippen MR) is 80.9 cm³/mol. The molecule has 22 heavy (non-hydrogen) atoms. The van der Waals surface area contributed by atoms with Crippen LogP contribution in [0.5, 0.6) is 0 Å². The number of hydrogen-bond donors (Lipinski definition) is 2. The van der Waals surface area contributed by atoms with Crippen LogP contribution in [0.15, 0.2) is 10.9 Å². The van der Waals surface area contributed by atoms with E-state index >= 15 is 0 Å². The topological polar surface area (TPSA) is 91.5 Å². The number of likely N-dealkylation sites (N-methyl/N-ethyl adjacent to an activating group) is 1. The van der Waals surface area contributed by atoms with E-state index in [0.717, 1.165) is 11.3 Å². The van der Waals surface area contributed by atoms with E-state index in [1.807, 2.05) is 6.92 Å². The summed E-state index contributed by atoms with van der Waals surface area (Å²) in [6.07, 6.45) is 0. The van der Waals surface area contributed by atoms with Crippen molar-refractivity contribution in [3.8, 4) is 0 Å². The van der Waals surface area contributed by atoms with E-state index in [0.29, 0.717) is 6.54 Å². The zero-order chi connectivity index (χ0) is 16.5. The Balaban J connectivity index is 2.28. The predicted octanol–water partition coefficient (Wildman–Crippen LogP) is -0.0312. The van der Waals surface area contributed by atoms with Crippen molar-refractivity contribution >= 4 is 11.8 Å². The number of nitrogens with one attached hydrogen (secondary N) is 2. The number of aromatic amines is 1. The summed E-state index contributed by atoms with van der Waals surface area (Å²) in [5.41, 5.74) is 0.143. The van der Waals surface area contributed by atoms with Crippen molar-refractivity contribution in [3.05, 3.63) is 33.2 Å². The van der Waals surface area contributed by atoms with Gasteiger partial charge in [-0.15, -0.1) is 0 Å². The Morgan fingerprint density at radius 3 is 2.73 bits per heavy atom. The van der Waals surface area contributed by atoms with Gasteiger partial charge >= 0.3 is 0 Å². The number of H-pyrrole nitrogens is 1. The Morgan fingerprint density at radius 1 is 1.41 bits per heavy atom. The molecule has 1 fully saturated rings. The fourth-order valence-corrected chi connectivity index (χ4v) is 2.50. The third-order valence-electron chi connectivity index (χ3n) is 4.00. The van der Waals surface area contributed by atoms with Gasteiger partial charge in [-0.1, -0.05) is 0 Å². The quantitative estimate of drug-likeness (QED) is 0.802. The molecule has 0 bridgehead atoms. The number of rotatable bonds is 2. The Bertz CT molecular complexity index is 667. The minimum atomic E-state index is -1.10. The number of aryl methyl sites for hydroxylation is 2. The lowest BCUT2D eigenvalue weighted by molar-refractivity contribution is -0.153. The summed E-state index contributed by atoms with van der Waals surface area (Å²) in [6, 6.07) is 1.59. The van der Waals surface area contributed by atoms with Crippen LogP contribution >= 0.6 is 0 Å². The number of ether oxygens (including phenoxy) is 1. The van der Waals surface area contributed by atoms with Crippen molar-refractivity contribution in [2.75, 3.05) is 26.7 Å². The second-order valence-electron chi connectivity index (χ2n) is 5.71. The third kappa shape index (κ3) is 2.89. The van der Waals surface area contributed by atoms with E-state index in [1.54, 1.807) is 19.9 Å².